The molecule has 0 aliphatic heterocycles. The molecule has 2 aromatic rings. The van der Waals surface area contributed by atoms with Gasteiger partial charge in [0.2, 0.25) is 0 Å². The van der Waals surface area contributed by atoms with Gasteiger partial charge in [-0.25, -0.2) is 4.79 Å². The average molecular weight is 394 g/mol. The summed E-state index contributed by atoms with van der Waals surface area (Å²) >= 11 is 3.46. The fourth-order valence-electron chi connectivity index (χ4n) is 2.23. The summed E-state index contributed by atoms with van der Waals surface area (Å²) < 4.78 is 16.6. The number of nitrogens with one attached hydrogen (secondary N) is 1. The molecule has 0 heterocycles. The van der Waals surface area contributed by atoms with Gasteiger partial charge in [-0.05, 0) is 39.5 Å². The molecule has 0 saturated carbocycles. The van der Waals surface area contributed by atoms with Crippen LogP contribution < -0.4 is 14.8 Å². The van der Waals surface area contributed by atoms with Gasteiger partial charge < -0.3 is 19.5 Å². The molecule has 6 heteroatoms. The number of hydrogen-bond donors (Lipinski definition) is 1. The van der Waals surface area contributed by atoms with Gasteiger partial charge in [-0.2, -0.15) is 0 Å². The second kappa shape index (κ2) is 9.17. The van der Waals surface area contributed by atoms with E-state index in [0.717, 1.165) is 15.6 Å². The van der Waals surface area contributed by atoms with E-state index in [1.807, 2.05) is 42.5 Å². The minimum atomic E-state index is -0.439. The van der Waals surface area contributed by atoms with Crippen molar-refractivity contribution in [1.29, 1.82) is 0 Å². The molecule has 0 aliphatic rings. The Hall–Kier alpha value is -2.21. The van der Waals surface area contributed by atoms with Crippen LogP contribution in [-0.2, 0) is 17.8 Å². The number of amides is 1. The maximum Gasteiger partial charge on any atom is 0.407 e. The molecule has 1 amide bonds. The number of methoxy groups -OCH3 is 2. The highest BCUT2D eigenvalue weighted by Crippen LogP contribution is 2.37. The van der Waals surface area contributed by atoms with E-state index in [2.05, 4.69) is 21.2 Å². The van der Waals surface area contributed by atoms with Crippen LogP contribution in [0.25, 0.3) is 0 Å². The van der Waals surface area contributed by atoms with Crippen molar-refractivity contribution in [1.82, 2.24) is 5.32 Å². The summed E-state index contributed by atoms with van der Waals surface area (Å²) in [4.78, 5) is 11.7. The topological polar surface area (TPSA) is 56.8 Å². The van der Waals surface area contributed by atoms with Crippen LogP contribution in [0.2, 0.25) is 0 Å². The lowest BCUT2D eigenvalue weighted by Crippen LogP contribution is -2.26. The third-order valence-corrected chi connectivity index (χ3v) is 4.19. The van der Waals surface area contributed by atoms with Crippen molar-refractivity contribution in [2.24, 2.45) is 0 Å². The number of ether oxygens (including phenoxy) is 3. The second-order valence-corrected chi connectivity index (χ2v) is 5.81. The molecule has 24 heavy (non-hydrogen) atoms. The van der Waals surface area contributed by atoms with Gasteiger partial charge >= 0.3 is 6.09 Å². The first-order chi connectivity index (χ1) is 11.7. The number of carbonyl (C=O) groups excluding carboxylic acids is 1. The lowest BCUT2D eigenvalue weighted by atomic mass is 10.1. The van der Waals surface area contributed by atoms with Crippen LogP contribution in [-0.4, -0.2) is 26.9 Å². The molecule has 0 saturated heterocycles. The van der Waals surface area contributed by atoms with E-state index in [1.165, 1.54) is 0 Å². The van der Waals surface area contributed by atoms with Crippen molar-refractivity contribution in [3.05, 3.63) is 58.1 Å². The number of benzene rings is 2. The van der Waals surface area contributed by atoms with Crippen molar-refractivity contribution >= 4 is 22.0 Å². The third kappa shape index (κ3) is 4.89. The number of halogens is 1. The monoisotopic (exact) mass is 393 g/mol. The van der Waals surface area contributed by atoms with Gasteiger partial charge in [0, 0.05) is 6.54 Å². The molecular formula is C18H20BrNO4. The Morgan fingerprint density at radius 3 is 2.50 bits per heavy atom. The normalized spacial score (nSPS) is 10.1. The van der Waals surface area contributed by atoms with E-state index in [9.17, 15) is 4.79 Å². The number of hydrogen-bond acceptors (Lipinski definition) is 4. The molecule has 0 unspecified atom stereocenters. The fraction of sp³-hybridized carbons (Fsp3) is 0.278. The van der Waals surface area contributed by atoms with E-state index in [-0.39, 0.29) is 6.61 Å². The lowest BCUT2D eigenvalue weighted by molar-refractivity contribution is 0.140. The molecule has 0 aliphatic carbocycles. The van der Waals surface area contributed by atoms with Crippen molar-refractivity contribution in [3.8, 4) is 11.5 Å². The Balaban J connectivity index is 1.83. The molecule has 0 fully saturated rings. The zero-order valence-corrected chi connectivity index (χ0v) is 15.3. The van der Waals surface area contributed by atoms with Crippen LogP contribution in [0.1, 0.15) is 11.1 Å². The zero-order valence-electron chi connectivity index (χ0n) is 13.7. The van der Waals surface area contributed by atoms with Crippen LogP contribution in [0, 0.1) is 0 Å². The van der Waals surface area contributed by atoms with E-state index in [1.54, 1.807) is 14.2 Å². The predicted molar refractivity (Wildman–Crippen MR) is 95.6 cm³/mol. The largest absolute Gasteiger partial charge is 0.495 e. The maximum absolute atomic E-state index is 11.7. The minimum absolute atomic E-state index is 0.254. The first-order valence-corrected chi connectivity index (χ1v) is 8.29. The summed E-state index contributed by atoms with van der Waals surface area (Å²) in [6.07, 6.45) is 0.178. The van der Waals surface area contributed by atoms with E-state index in [4.69, 9.17) is 14.2 Å². The molecule has 128 valence electrons. The fourth-order valence-corrected chi connectivity index (χ4v) is 2.94. The molecule has 0 radical (unpaired) electrons. The third-order valence-electron chi connectivity index (χ3n) is 3.44. The van der Waals surface area contributed by atoms with Gasteiger partial charge in [-0.15, -0.1) is 0 Å². The highest BCUT2D eigenvalue weighted by Gasteiger charge is 2.13. The van der Waals surface area contributed by atoms with Gasteiger partial charge in [0.15, 0.2) is 0 Å². The highest BCUT2D eigenvalue weighted by molar-refractivity contribution is 9.10. The number of rotatable bonds is 7. The Morgan fingerprint density at radius 2 is 1.83 bits per heavy atom. The van der Waals surface area contributed by atoms with E-state index in [0.29, 0.717) is 24.5 Å². The molecule has 2 rings (SSSR count). The molecule has 0 aromatic heterocycles. The quantitative estimate of drug-likeness (QED) is 0.773. The number of carbonyl (C=O) groups is 1. The molecule has 0 atom stereocenters. The summed E-state index contributed by atoms with van der Waals surface area (Å²) in [7, 11) is 3.20. The van der Waals surface area contributed by atoms with Crippen molar-refractivity contribution in [2.45, 2.75) is 13.0 Å². The van der Waals surface area contributed by atoms with Crippen LogP contribution >= 0.6 is 15.9 Å². The minimum Gasteiger partial charge on any atom is -0.495 e. The SMILES string of the molecule is COc1ccc(CCNC(=O)OCc2ccccc2)c(OC)c1Br. The Morgan fingerprint density at radius 1 is 1.08 bits per heavy atom. The summed E-state index contributed by atoms with van der Waals surface area (Å²) in [5.41, 5.74) is 1.92. The van der Waals surface area contributed by atoms with Gasteiger partial charge in [-0.1, -0.05) is 36.4 Å². The summed E-state index contributed by atoms with van der Waals surface area (Å²) in [5, 5.41) is 2.74. The molecule has 0 bridgehead atoms. The van der Waals surface area contributed by atoms with Crippen LogP contribution in [0.15, 0.2) is 46.9 Å². The Labute approximate surface area is 150 Å². The lowest BCUT2D eigenvalue weighted by Gasteiger charge is -2.13. The van der Waals surface area contributed by atoms with Crippen LogP contribution in [0.4, 0.5) is 4.79 Å². The molecule has 0 spiro atoms. The first kappa shape index (κ1) is 18.1. The van der Waals surface area contributed by atoms with Crippen LogP contribution in [0.3, 0.4) is 0 Å². The standard InChI is InChI=1S/C18H20BrNO4/c1-22-15-9-8-14(17(23-2)16(15)19)10-11-20-18(21)24-12-13-6-4-3-5-7-13/h3-9H,10-12H2,1-2H3,(H,20,21). The summed E-state index contributed by atoms with van der Waals surface area (Å²) in [6, 6.07) is 13.3. The predicted octanol–water partition coefficient (Wildman–Crippen LogP) is 3.94. The summed E-state index contributed by atoms with van der Waals surface area (Å²) in [5.74, 6) is 1.40. The van der Waals surface area contributed by atoms with Gasteiger partial charge in [-0.3, -0.25) is 0 Å². The number of alkyl carbamates (subject to hydrolysis) is 1. The molecule has 2 aromatic carbocycles. The molecule has 5 nitrogen and oxygen atoms in total. The van der Waals surface area contributed by atoms with E-state index >= 15 is 0 Å². The van der Waals surface area contributed by atoms with Gasteiger partial charge in [0.1, 0.15) is 22.6 Å². The van der Waals surface area contributed by atoms with E-state index < -0.39 is 6.09 Å². The van der Waals surface area contributed by atoms with Crippen molar-refractivity contribution in [3.63, 3.8) is 0 Å². The Bertz CT molecular complexity index is 676. The summed E-state index contributed by atoms with van der Waals surface area (Å²) in [6.45, 7) is 0.701. The zero-order chi connectivity index (χ0) is 17.4. The van der Waals surface area contributed by atoms with Crippen molar-refractivity contribution < 1.29 is 19.0 Å². The second-order valence-electron chi connectivity index (χ2n) is 5.01. The van der Waals surface area contributed by atoms with Gasteiger partial charge in [0.05, 0.1) is 14.2 Å². The van der Waals surface area contributed by atoms with Crippen molar-refractivity contribution in [2.75, 3.05) is 20.8 Å². The Kier molecular flexibility index (Phi) is 6.93. The molecular weight excluding hydrogens is 374 g/mol. The molecule has 1 N–H and O–H groups in total. The van der Waals surface area contributed by atoms with Crippen LogP contribution in [0.5, 0.6) is 11.5 Å². The smallest absolute Gasteiger partial charge is 0.407 e. The maximum atomic E-state index is 11.7. The highest BCUT2D eigenvalue weighted by atomic mass is 79.9. The average Bonchev–Trinajstić information content (AvgIpc) is 2.61. The first-order valence-electron chi connectivity index (χ1n) is 7.49. The van der Waals surface area contributed by atoms with Gasteiger partial charge in [0.25, 0.3) is 0 Å².